The number of carbonyl (C=O) groups excluding carboxylic acids is 1. The molecule has 0 spiro atoms. The molecule has 21 heavy (non-hydrogen) atoms. The first-order valence-corrected chi connectivity index (χ1v) is 7.01. The number of carbonyl (C=O) groups is 1. The molecule has 2 N–H and O–H groups in total. The second-order valence-electron chi connectivity index (χ2n) is 5.34. The van der Waals surface area contributed by atoms with Gasteiger partial charge in [0.25, 0.3) is 5.69 Å². The minimum atomic E-state index is -0.464. The van der Waals surface area contributed by atoms with Gasteiger partial charge in [-0.2, -0.15) is 0 Å². The Kier molecular flexibility index (Phi) is 5.24. The molecular weight excluding hydrogens is 272 g/mol. The quantitative estimate of drug-likeness (QED) is 0.608. The lowest BCUT2D eigenvalue weighted by Gasteiger charge is -2.20. The van der Waals surface area contributed by atoms with Crippen LogP contribution in [0.3, 0.4) is 0 Å². The van der Waals surface area contributed by atoms with Crippen LogP contribution in [0.2, 0.25) is 0 Å². The van der Waals surface area contributed by atoms with Crippen molar-refractivity contribution in [1.29, 1.82) is 0 Å². The van der Waals surface area contributed by atoms with Gasteiger partial charge in [0.2, 0.25) is 5.91 Å². The van der Waals surface area contributed by atoms with E-state index in [1.165, 1.54) is 30.7 Å². The highest BCUT2D eigenvalue weighted by molar-refractivity contribution is 5.92. The van der Waals surface area contributed by atoms with E-state index in [-0.39, 0.29) is 11.6 Å². The molecule has 1 amide bonds. The van der Waals surface area contributed by atoms with Gasteiger partial charge in [0, 0.05) is 30.4 Å². The molecule has 0 bridgehead atoms. The van der Waals surface area contributed by atoms with Gasteiger partial charge >= 0.3 is 0 Å². The smallest absolute Gasteiger partial charge is 0.269 e. The summed E-state index contributed by atoms with van der Waals surface area (Å²) in [6, 6.07) is 6.29. The van der Waals surface area contributed by atoms with Gasteiger partial charge in [0.05, 0.1) is 11.5 Å². The van der Waals surface area contributed by atoms with Crippen LogP contribution < -0.4 is 10.6 Å². The fourth-order valence-electron chi connectivity index (χ4n) is 2.47. The van der Waals surface area contributed by atoms with E-state index in [0.29, 0.717) is 18.3 Å². The summed E-state index contributed by atoms with van der Waals surface area (Å²) in [5, 5.41) is 16.7. The summed E-state index contributed by atoms with van der Waals surface area (Å²) in [6.45, 7) is 2.19. The summed E-state index contributed by atoms with van der Waals surface area (Å²) < 4.78 is 0. The van der Waals surface area contributed by atoms with Crippen LogP contribution in [0.15, 0.2) is 24.3 Å². The average molecular weight is 292 g/mol. The fourth-order valence-corrected chi connectivity index (χ4v) is 2.47. The Bertz CT molecular complexity index is 497. The Balaban J connectivity index is 1.79. The highest BCUT2D eigenvalue weighted by atomic mass is 16.6. The van der Waals surface area contributed by atoms with E-state index >= 15 is 0 Å². The van der Waals surface area contributed by atoms with Crippen molar-refractivity contribution in [3.63, 3.8) is 0 Å². The average Bonchev–Trinajstić information content (AvgIpc) is 2.91. The van der Waals surface area contributed by atoms with Crippen molar-refractivity contribution in [3.8, 4) is 0 Å². The summed E-state index contributed by atoms with van der Waals surface area (Å²) in [7, 11) is 1.91. The summed E-state index contributed by atoms with van der Waals surface area (Å²) in [5.41, 5.74) is 0.579. The summed E-state index contributed by atoms with van der Waals surface area (Å²) >= 11 is 0. The number of nitro groups is 1. The first-order valence-electron chi connectivity index (χ1n) is 7.01. The van der Waals surface area contributed by atoms with E-state index in [9.17, 15) is 14.9 Å². The largest absolute Gasteiger partial charge is 0.325 e. The topological polar surface area (TPSA) is 87.5 Å². The number of rotatable bonds is 6. The van der Waals surface area contributed by atoms with Gasteiger partial charge in [-0.15, -0.1) is 0 Å². The standard InChI is InChI=1S/C14H20N4O3/c1-17(9-12-3-2-8-15-12)10-14(19)16-11-4-6-13(7-5-11)18(20)21/h4-7,12,15H,2-3,8-10H2,1H3,(H,16,19). The monoisotopic (exact) mass is 292 g/mol. The minimum absolute atomic E-state index is 0.0115. The molecule has 0 aliphatic carbocycles. The molecule has 1 saturated heterocycles. The Morgan fingerprint density at radius 2 is 2.19 bits per heavy atom. The third kappa shape index (κ3) is 4.80. The molecule has 1 atom stereocenters. The molecule has 1 aromatic carbocycles. The molecule has 7 heteroatoms. The van der Waals surface area contributed by atoms with Gasteiger partial charge < -0.3 is 10.6 Å². The number of likely N-dealkylation sites (N-methyl/N-ethyl adjacent to an activating group) is 1. The van der Waals surface area contributed by atoms with E-state index in [4.69, 9.17) is 0 Å². The van der Waals surface area contributed by atoms with E-state index in [1.54, 1.807) is 0 Å². The van der Waals surface area contributed by atoms with E-state index in [1.807, 2.05) is 11.9 Å². The van der Waals surface area contributed by atoms with Crippen LogP contribution >= 0.6 is 0 Å². The van der Waals surface area contributed by atoms with Gasteiger partial charge in [-0.1, -0.05) is 0 Å². The lowest BCUT2D eigenvalue weighted by atomic mass is 10.2. The molecule has 7 nitrogen and oxygen atoms in total. The van der Waals surface area contributed by atoms with Crippen molar-refractivity contribution in [3.05, 3.63) is 34.4 Å². The lowest BCUT2D eigenvalue weighted by Crippen LogP contribution is -2.39. The summed E-state index contributed by atoms with van der Waals surface area (Å²) in [4.78, 5) is 24.0. The molecule has 0 saturated carbocycles. The number of hydrogen-bond acceptors (Lipinski definition) is 5. The zero-order valence-electron chi connectivity index (χ0n) is 12.0. The fraction of sp³-hybridized carbons (Fsp3) is 0.500. The first kappa shape index (κ1) is 15.4. The number of nitrogens with one attached hydrogen (secondary N) is 2. The van der Waals surface area contributed by atoms with Crippen LogP contribution in [-0.4, -0.2) is 48.5 Å². The molecule has 1 aliphatic rings. The molecule has 0 radical (unpaired) electrons. The van der Waals surface area contributed by atoms with Crippen molar-refractivity contribution in [1.82, 2.24) is 10.2 Å². The molecule has 114 valence electrons. The Morgan fingerprint density at radius 1 is 1.48 bits per heavy atom. The number of nitrogens with zero attached hydrogens (tertiary/aromatic N) is 2. The van der Waals surface area contributed by atoms with Gasteiger partial charge in [-0.25, -0.2) is 0 Å². The van der Waals surface area contributed by atoms with Gasteiger partial charge in [0.15, 0.2) is 0 Å². The Morgan fingerprint density at radius 3 is 2.76 bits per heavy atom. The third-order valence-corrected chi connectivity index (χ3v) is 3.47. The SMILES string of the molecule is CN(CC(=O)Nc1ccc([N+](=O)[O-])cc1)CC1CCCN1. The number of hydrogen-bond donors (Lipinski definition) is 2. The van der Waals surface area contributed by atoms with E-state index in [0.717, 1.165) is 19.5 Å². The summed E-state index contributed by atoms with van der Waals surface area (Å²) in [5.74, 6) is -0.121. The molecule has 1 heterocycles. The maximum Gasteiger partial charge on any atom is 0.269 e. The predicted molar refractivity (Wildman–Crippen MR) is 80.2 cm³/mol. The van der Waals surface area contributed by atoms with Crippen molar-refractivity contribution >= 4 is 17.3 Å². The van der Waals surface area contributed by atoms with E-state index in [2.05, 4.69) is 10.6 Å². The second-order valence-corrected chi connectivity index (χ2v) is 5.34. The zero-order chi connectivity index (χ0) is 15.2. The van der Waals surface area contributed by atoms with Crippen LogP contribution in [0.1, 0.15) is 12.8 Å². The van der Waals surface area contributed by atoms with Gasteiger partial charge in [-0.3, -0.25) is 19.8 Å². The van der Waals surface area contributed by atoms with Crippen LogP contribution in [-0.2, 0) is 4.79 Å². The number of amides is 1. The normalized spacial score (nSPS) is 17.9. The second kappa shape index (κ2) is 7.14. The molecule has 1 unspecified atom stereocenters. The van der Waals surface area contributed by atoms with E-state index < -0.39 is 4.92 Å². The molecule has 0 aromatic heterocycles. The van der Waals surface area contributed by atoms with Gasteiger partial charge in [0.1, 0.15) is 0 Å². The number of nitro benzene ring substituents is 1. The number of non-ortho nitro benzene ring substituents is 1. The van der Waals surface area contributed by atoms with Crippen molar-refractivity contribution < 1.29 is 9.72 Å². The summed E-state index contributed by atoms with van der Waals surface area (Å²) in [6.07, 6.45) is 2.34. The third-order valence-electron chi connectivity index (χ3n) is 3.47. The maximum absolute atomic E-state index is 11.9. The van der Waals surface area contributed by atoms with Crippen molar-refractivity contribution in [2.75, 3.05) is 32.0 Å². The highest BCUT2D eigenvalue weighted by Crippen LogP contribution is 2.15. The molecule has 1 fully saturated rings. The van der Waals surface area contributed by atoms with Gasteiger partial charge in [-0.05, 0) is 38.6 Å². The highest BCUT2D eigenvalue weighted by Gasteiger charge is 2.17. The Hall–Kier alpha value is -1.99. The molecular formula is C14H20N4O3. The van der Waals surface area contributed by atoms with Crippen molar-refractivity contribution in [2.24, 2.45) is 0 Å². The minimum Gasteiger partial charge on any atom is -0.325 e. The van der Waals surface area contributed by atoms with Crippen LogP contribution in [0.5, 0.6) is 0 Å². The zero-order valence-corrected chi connectivity index (χ0v) is 12.0. The number of benzene rings is 1. The molecule has 2 rings (SSSR count). The molecule has 1 aromatic rings. The van der Waals surface area contributed by atoms with Crippen LogP contribution in [0, 0.1) is 10.1 Å². The van der Waals surface area contributed by atoms with Crippen LogP contribution in [0.4, 0.5) is 11.4 Å². The Labute approximate surface area is 123 Å². The molecule has 1 aliphatic heterocycles. The first-order chi connectivity index (χ1) is 10.0. The number of anilines is 1. The predicted octanol–water partition coefficient (Wildman–Crippen LogP) is 1.22. The van der Waals surface area contributed by atoms with Crippen molar-refractivity contribution in [2.45, 2.75) is 18.9 Å². The van der Waals surface area contributed by atoms with Crippen LogP contribution in [0.25, 0.3) is 0 Å². The lowest BCUT2D eigenvalue weighted by molar-refractivity contribution is -0.384. The maximum atomic E-state index is 11.9.